The summed E-state index contributed by atoms with van der Waals surface area (Å²) in [5.41, 5.74) is 2.42. The van der Waals surface area contributed by atoms with Crippen molar-refractivity contribution in [2.45, 2.75) is 40.2 Å². The summed E-state index contributed by atoms with van der Waals surface area (Å²) in [6.07, 6.45) is 0.751. The largest absolute Gasteiger partial charge is 0.493 e. The maximum atomic E-state index is 13.1. The van der Waals surface area contributed by atoms with E-state index in [1.54, 1.807) is 14.2 Å². The Labute approximate surface area is 154 Å². The Bertz CT molecular complexity index is 820. The van der Waals surface area contributed by atoms with Gasteiger partial charge in [0.1, 0.15) is 6.04 Å². The molecular weight excluding hydrogens is 332 g/mol. The first-order valence-electron chi connectivity index (χ1n) is 8.75. The van der Waals surface area contributed by atoms with Gasteiger partial charge in [0, 0.05) is 18.0 Å². The van der Waals surface area contributed by atoms with E-state index in [4.69, 9.17) is 14.0 Å². The minimum atomic E-state index is -0.485. The zero-order valence-electron chi connectivity index (χ0n) is 16.3. The van der Waals surface area contributed by atoms with Crippen molar-refractivity contribution in [1.82, 2.24) is 10.1 Å². The van der Waals surface area contributed by atoms with E-state index in [1.807, 2.05) is 50.8 Å². The quantitative estimate of drug-likeness (QED) is 0.840. The minimum Gasteiger partial charge on any atom is -0.493 e. The van der Waals surface area contributed by atoms with Gasteiger partial charge in [-0.1, -0.05) is 25.9 Å². The molecule has 3 rings (SSSR count). The van der Waals surface area contributed by atoms with E-state index in [9.17, 15) is 4.79 Å². The summed E-state index contributed by atoms with van der Waals surface area (Å²) in [5.74, 6) is 2.07. The molecule has 6 nitrogen and oxygen atoms in total. The average Bonchev–Trinajstić information content (AvgIpc) is 3.03. The Morgan fingerprint density at radius 1 is 1.19 bits per heavy atom. The summed E-state index contributed by atoms with van der Waals surface area (Å²) in [6.45, 7) is 8.29. The molecule has 2 heterocycles. The molecule has 1 aliphatic rings. The maximum Gasteiger partial charge on any atom is 0.228 e. The Hall–Kier alpha value is -2.50. The van der Waals surface area contributed by atoms with Gasteiger partial charge >= 0.3 is 0 Å². The molecule has 26 heavy (non-hydrogen) atoms. The molecule has 0 radical (unpaired) electrons. The Morgan fingerprint density at radius 3 is 2.38 bits per heavy atom. The molecule has 1 atom stereocenters. The van der Waals surface area contributed by atoms with Crippen LogP contribution in [0.4, 0.5) is 0 Å². The molecule has 0 spiro atoms. The topological polar surface area (TPSA) is 64.8 Å². The number of benzene rings is 1. The minimum absolute atomic E-state index is 0.0805. The fourth-order valence-corrected chi connectivity index (χ4v) is 3.41. The molecule has 2 aromatic rings. The predicted molar refractivity (Wildman–Crippen MR) is 97.5 cm³/mol. The number of amides is 1. The maximum absolute atomic E-state index is 13.1. The van der Waals surface area contributed by atoms with Crippen molar-refractivity contribution < 1.29 is 18.8 Å². The van der Waals surface area contributed by atoms with Crippen LogP contribution in [0.3, 0.4) is 0 Å². The van der Waals surface area contributed by atoms with E-state index >= 15 is 0 Å². The van der Waals surface area contributed by atoms with Gasteiger partial charge in [-0.25, -0.2) is 0 Å². The number of carbonyl (C=O) groups excluding carboxylic acids is 1. The molecule has 1 aliphatic heterocycles. The molecule has 1 amide bonds. The van der Waals surface area contributed by atoms with E-state index in [2.05, 4.69) is 5.16 Å². The number of nitrogens with zero attached hydrogens (tertiary/aromatic N) is 2. The molecule has 1 aromatic carbocycles. The highest BCUT2D eigenvalue weighted by molar-refractivity contribution is 5.82. The zero-order chi connectivity index (χ0) is 19.1. The zero-order valence-corrected chi connectivity index (χ0v) is 16.3. The molecule has 0 N–H and O–H groups in total. The molecule has 0 saturated carbocycles. The third-order valence-electron chi connectivity index (χ3n) is 4.69. The van der Waals surface area contributed by atoms with E-state index in [-0.39, 0.29) is 11.9 Å². The summed E-state index contributed by atoms with van der Waals surface area (Å²) in [6, 6.07) is 5.49. The van der Waals surface area contributed by atoms with Crippen LogP contribution in [0.15, 0.2) is 22.7 Å². The van der Waals surface area contributed by atoms with E-state index in [0.29, 0.717) is 23.8 Å². The molecular formula is C20H26N2O4. The van der Waals surface area contributed by atoms with Crippen LogP contribution in [-0.2, 0) is 11.2 Å². The normalized spacial score (nSPS) is 17.0. The third kappa shape index (κ3) is 3.16. The second kappa shape index (κ2) is 6.67. The van der Waals surface area contributed by atoms with Crippen molar-refractivity contribution in [3.05, 3.63) is 40.8 Å². The highest BCUT2D eigenvalue weighted by Gasteiger charge is 2.39. The second-order valence-corrected chi connectivity index (χ2v) is 7.68. The number of aromatic nitrogens is 1. The van der Waals surface area contributed by atoms with Crippen molar-refractivity contribution in [3.63, 3.8) is 0 Å². The van der Waals surface area contributed by atoms with Crippen LogP contribution in [0.5, 0.6) is 11.5 Å². The average molecular weight is 358 g/mol. The first kappa shape index (κ1) is 18.3. The van der Waals surface area contributed by atoms with Crippen molar-refractivity contribution >= 4 is 5.91 Å². The number of hydrogen-bond donors (Lipinski definition) is 0. The number of methoxy groups -OCH3 is 2. The summed E-state index contributed by atoms with van der Waals surface area (Å²) >= 11 is 0. The molecule has 0 bridgehead atoms. The first-order valence-corrected chi connectivity index (χ1v) is 8.75. The smallest absolute Gasteiger partial charge is 0.228 e. The van der Waals surface area contributed by atoms with Crippen molar-refractivity contribution in [3.8, 4) is 11.5 Å². The van der Waals surface area contributed by atoms with Crippen molar-refractivity contribution in [1.29, 1.82) is 0 Å². The Morgan fingerprint density at radius 2 is 1.85 bits per heavy atom. The van der Waals surface area contributed by atoms with Crippen LogP contribution < -0.4 is 9.47 Å². The molecule has 0 fully saturated rings. The summed E-state index contributed by atoms with van der Waals surface area (Å²) in [4.78, 5) is 15.0. The lowest BCUT2D eigenvalue weighted by Crippen LogP contribution is -2.45. The van der Waals surface area contributed by atoms with Gasteiger partial charge in [0.05, 0.1) is 19.9 Å². The van der Waals surface area contributed by atoms with E-state index in [0.717, 1.165) is 23.2 Å². The number of aryl methyl sites for hydroxylation is 1. The van der Waals surface area contributed by atoms with Gasteiger partial charge in [-0.15, -0.1) is 0 Å². The lowest BCUT2D eigenvalue weighted by atomic mass is 9.86. The van der Waals surface area contributed by atoms with Crippen LogP contribution in [-0.4, -0.2) is 36.7 Å². The number of rotatable bonds is 3. The monoisotopic (exact) mass is 358 g/mol. The fraction of sp³-hybridized carbons (Fsp3) is 0.500. The SMILES string of the molecule is COc1cc2c(cc1OC)[C@H](c1cc(C)no1)N(C(=O)C(C)(C)C)CC2. The van der Waals surface area contributed by atoms with Crippen LogP contribution in [0.25, 0.3) is 0 Å². The molecule has 0 unspecified atom stereocenters. The standard InChI is InChI=1S/C20H26N2O4/c1-12-9-17(26-21-12)18-14-11-16(25-6)15(24-5)10-13(14)7-8-22(18)19(23)20(2,3)4/h9-11,18H,7-8H2,1-6H3/t18-/m1/s1. The Kier molecular flexibility index (Phi) is 4.69. The number of carbonyl (C=O) groups is 1. The second-order valence-electron chi connectivity index (χ2n) is 7.68. The number of hydrogen-bond acceptors (Lipinski definition) is 5. The fourth-order valence-electron chi connectivity index (χ4n) is 3.41. The number of ether oxygens (including phenoxy) is 2. The van der Waals surface area contributed by atoms with Gasteiger partial charge in [-0.2, -0.15) is 0 Å². The highest BCUT2D eigenvalue weighted by Crippen LogP contribution is 2.42. The van der Waals surface area contributed by atoms with Gasteiger partial charge in [0.25, 0.3) is 0 Å². The molecule has 6 heteroatoms. The molecule has 0 saturated heterocycles. The highest BCUT2D eigenvalue weighted by atomic mass is 16.5. The predicted octanol–water partition coefficient (Wildman–Crippen LogP) is 3.52. The Balaban J connectivity index is 2.16. The van der Waals surface area contributed by atoms with Crippen LogP contribution in [0, 0.1) is 12.3 Å². The first-order chi connectivity index (χ1) is 12.3. The van der Waals surface area contributed by atoms with Gasteiger partial charge in [-0.3, -0.25) is 4.79 Å². The van der Waals surface area contributed by atoms with E-state index in [1.165, 1.54) is 0 Å². The number of fused-ring (bicyclic) bond motifs is 1. The van der Waals surface area contributed by atoms with Crippen LogP contribution in [0.1, 0.15) is 49.4 Å². The van der Waals surface area contributed by atoms with Crippen LogP contribution >= 0.6 is 0 Å². The third-order valence-corrected chi connectivity index (χ3v) is 4.69. The molecule has 140 valence electrons. The lowest BCUT2D eigenvalue weighted by molar-refractivity contribution is -0.142. The van der Waals surface area contributed by atoms with Gasteiger partial charge in [0.15, 0.2) is 17.3 Å². The van der Waals surface area contributed by atoms with Gasteiger partial charge < -0.3 is 18.9 Å². The summed E-state index contributed by atoms with van der Waals surface area (Å²) in [5, 5.41) is 4.03. The molecule has 0 aliphatic carbocycles. The van der Waals surface area contributed by atoms with E-state index < -0.39 is 5.41 Å². The van der Waals surface area contributed by atoms with Gasteiger partial charge in [-0.05, 0) is 36.6 Å². The molecule has 1 aromatic heterocycles. The van der Waals surface area contributed by atoms with Crippen molar-refractivity contribution in [2.75, 3.05) is 20.8 Å². The van der Waals surface area contributed by atoms with Crippen LogP contribution in [0.2, 0.25) is 0 Å². The van der Waals surface area contributed by atoms with Crippen molar-refractivity contribution in [2.24, 2.45) is 5.41 Å². The summed E-state index contributed by atoms with van der Waals surface area (Å²) < 4.78 is 16.5. The van der Waals surface area contributed by atoms with Gasteiger partial charge in [0.2, 0.25) is 5.91 Å². The lowest BCUT2D eigenvalue weighted by Gasteiger charge is -2.39. The summed E-state index contributed by atoms with van der Waals surface area (Å²) in [7, 11) is 3.23.